The monoisotopic (exact) mass is 426 g/mol. The third kappa shape index (κ3) is 5.34. The molecule has 1 unspecified atom stereocenters. The van der Waals surface area contributed by atoms with E-state index in [-0.39, 0.29) is 7.03 Å². The molecule has 1 aliphatic rings. The molecule has 1 aromatic carbocycles. The fraction of sp³-hybridized carbons (Fsp3) is 0.739. The van der Waals surface area contributed by atoms with Crippen molar-refractivity contribution in [2.24, 2.45) is 0 Å². The zero-order valence-electron chi connectivity index (χ0n) is 19.7. The molecule has 1 aliphatic heterocycles. The molecule has 0 N–H and O–H groups in total. The van der Waals surface area contributed by atoms with Crippen LogP contribution in [-0.2, 0) is 19.7 Å². The maximum atomic E-state index is 6.46. The summed E-state index contributed by atoms with van der Waals surface area (Å²) in [6, 6.07) is 0.755. The molecule has 5 nitrogen and oxygen atoms in total. The highest BCUT2D eigenvalue weighted by Gasteiger charge is 2.39. The second-order valence-electron chi connectivity index (χ2n) is 8.12. The highest BCUT2D eigenvalue weighted by atomic mass is 28.4. The molecule has 0 bridgehead atoms. The van der Waals surface area contributed by atoms with Crippen molar-refractivity contribution in [1.29, 1.82) is 0 Å². The summed E-state index contributed by atoms with van der Waals surface area (Å²) in [4.78, 5) is 0. The van der Waals surface area contributed by atoms with Gasteiger partial charge in [0.2, 0.25) is 0 Å². The summed E-state index contributed by atoms with van der Waals surface area (Å²) in [6.45, 7) is 16.6. The van der Waals surface area contributed by atoms with E-state index in [0.29, 0.717) is 19.8 Å². The first kappa shape index (κ1) is 24.2. The van der Waals surface area contributed by atoms with Crippen molar-refractivity contribution < 1.29 is 24.2 Å². The minimum atomic E-state index is -2.59. The topological polar surface area (TPSA) is 46.2 Å². The fourth-order valence-corrected chi connectivity index (χ4v) is 6.32. The lowest BCUT2D eigenvalue weighted by atomic mass is 9.86. The number of hydrogen-bond donors (Lipinski definition) is 0. The number of fused-ring (bicyclic) bond motifs is 1. The average Bonchev–Trinajstić information content (AvgIpc) is 2.71. The molecule has 6 heteroatoms. The Morgan fingerprint density at radius 2 is 1.69 bits per heavy atom. The molecule has 0 fully saturated rings. The van der Waals surface area contributed by atoms with Gasteiger partial charge in [-0.15, -0.1) is 0 Å². The van der Waals surface area contributed by atoms with Gasteiger partial charge in [0.1, 0.15) is 17.1 Å². The van der Waals surface area contributed by atoms with Gasteiger partial charge in [-0.1, -0.05) is 6.92 Å². The SMILES string of the molecule is CCO[Si](CCCOc1c(C)c(C)c2c(c1C)CCC(C)(CC)O2)(OC)OCC.[HH]. The second-order valence-corrected chi connectivity index (χ2v) is 11.0. The molecule has 1 atom stereocenters. The van der Waals surface area contributed by atoms with E-state index in [1.807, 2.05) is 13.8 Å². The summed E-state index contributed by atoms with van der Waals surface area (Å²) in [7, 11) is -0.905. The fourth-order valence-electron chi connectivity index (χ4n) is 4.06. The number of hydrogen-bond acceptors (Lipinski definition) is 5. The first-order valence-electron chi connectivity index (χ1n) is 11.0. The predicted molar refractivity (Wildman–Crippen MR) is 121 cm³/mol. The maximum Gasteiger partial charge on any atom is 0.500 e. The van der Waals surface area contributed by atoms with Crippen molar-refractivity contribution >= 4 is 8.80 Å². The molecule has 0 amide bonds. The van der Waals surface area contributed by atoms with Crippen LogP contribution in [0.25, 0.3) is 0 Å². The Morgan fingerprint density at radius 1 is 1.03 bits per heavy atom. The van der Waals surface area contributed by atoms with Crippen LogP contribution in [0.2, 0.25) is 6.04 Å². The van der Waals surface area contributed by atoms with E-state index in [1.165, 1.54) is 22.3 Å². The third-order valence-corrected chi connectivity index (χ3v) is 9.27. The minimum Gasteiger partial charge on any atom is -0.493 e. The normalized spacial score (nSPS) is 19.0. The van der Waals surface area contributed by atoms with Gasteiger partial charge < -0.3 is 22.8 Å². The molecule has 1 aromatic rings. The summed E-state index contributed by atoms with van der Waals surface area (Å²) in [5.74, 6) is 2.07. The molecule has 0 radical (unpaired) electrons. The smallest absolute Gasteiger partial charge is 0.493 e. The third-order valence-electron chi connectivity index (χ3n) is 6.22. The Labute approximate surface area is 179 Å². The van der Waals surface area contributed by atoms with Crippen LogP contribution in [0.15, 0.2) is 0 Å². The summed E-state index contributed by atoms with van der Waals surface area (Å²) < 4.78 is 30.1. The molecular weight excluding hydrogens is 384 g/mol. The van der Waals surface area contributed by atoms with Crippen LogP contribution in [-0.4, -0.2) is 41.3 Å². The summed E-state index contributed by atoms with van der Waals surface area (Å²) >= 11 is 0. The minimum absolute atomic E-state index is 0. The van der Waals surface area contributed by atoms with E-state index in [0.717, 1.165) is 43.2 Å². The van der Waals surface area contributed by atoms with E-state index in [1.54, 1.807) is 7.11 Å². The Bertz CT molecular complexity index is 691. The van der Waals surface area contributed by atoms with Crippen LogP contribution in [0, 0.1) is 20.8 Å². The van der Waals surface area contributed by atoms with Gasteiger partial charge in [-0.2, -0.15) is 0 Å². The van der Waals surface area contributed by atoms with Gasteiger partial charge in [-0.25, -0.2) is 0 Å². The van der Waals surface area contributed by atoms with Gasteiger partial charge in [0, 0.05) is 33.4 Å². The van der Waals surface area contributed by atoms with E-state index < -0.39 is 8.80 Å². The Morgan fingerprint density at radius 3 is 2.24 bits per heavy atom. The van der Waals surface area contributed by atoms with E-state index in [4.69, 9.17) is 22.8 Å². The van der Waals surface area contributed by atoms with Crippen LogP contribution in [0.5, 0.6) is 11.5 Å². The second kappa shape index (κ2) is 10.3. The number of ether oxygens (including phenoxy) is 2. The van der Waals surface area contributed by atoms with Crippen LogP contribution in [0.1, 0.15) is 70.6 Å². The Hall–Kier alpha value is -1.08. The van der Waals surface area contributed by atoms with Crippen molar-refractivity contribution in [2.45, 2.75) is 85.8 Å². The molecule has 29 heavy (non-hydrogen) atoms. The highest BCUT2D eigenvalue weighted by molar-refractivity contribution is 6.60. The maximum absolute atomic E-state index is 6.46. The average molecular weight is 427 g/mol. The van der Waals surface area contributed by atoms with E-state index in [2.05, 4.69) is 34.6 Å². The van der Waals surface area contributed by atoms with Crippen molar-refractivity contribution in [3.8, 4) is 11.5 Å². The molecule has 0 saturated carbocycles. The summed E-state index contributed by atoms with van der Waals surface area (Å²) in [5.41, 5.74) is 4.83. The zero-order chi connectivity index (χ0) is 21.7. The van der Waals surface area contributed by atoms with Crippen LogP contribution >= 0.6 is 0 Å². The Kier molecular flexibility index (Phi) is 8.58. The number of benzene rings is 1. The number of rotatable bonds is 11. The zero-order valence-corrected chi connectivity index (χ0v) is 20.7. The molecule has 2 rings (SSSR count). The summed E-state index contributed by atoms with van der Waals surface area (Å²) in [5, 5.41) is 0. The quantitative estimate of drug-likeness (QED) is 0.331. The van der Waals surface area contributed by atoms with Crippen molar-refractivity contribution in [3.05, 3.63) is 22.3 Å². The highest BCUT2D eigenvalue weighted by Crippen LogP contribution is 2.44. The molecular formula is C23H42O5Si. The van der Waals surface area contributed by atoms with E-state index in [9.17, 15) is 0 Å². The first-order valence-corrected chi connectivity index (χ1v) is 13.0. The van der Waals surface area contributed by atoms with Gasteiger partial charge >= 0.3 is 8.80 Å². The van der Waals surface area contributed by atoms with Crippen LogP contribution in [0.3, 0.4) is 0 Å². The lowest BCUT2D eigenvalue weighted by Crippen LogP contribution is -2.45. The van der Waals surface area contributed by atoms with Gasteiger partial charge in [-0.05, 0) is 83.9 Å². The molecule has 0 saturated heterocycles. The molecule has 1 heterocycles. The Balaban J connectivity index is 0.00000450. The van der Waals surface area contributed by atoms with Crippen molar-refractivity contribution in [3.63, 3.8) is 0 Å². The van der Waals surface area contributed by atoms with Crippen molar-refractivity contribution in [2.75, 3.05) is 26.9 Å². The standard InChI is InChI=1S/C23H40O5Si.H2/c1-9-23(7)14-13-20-19(6)21(17(4)18(5)22(20)28-23)25-15-12-16-29(24-8,26-10-2)27-11-3;/h9-16H2,1-8H3;1H. The first-order chi connectivity index (χ1) is 13.8. The summed E-state index contributed by atoms with van der Waals surface area (Å²) in [6.07, 6.45) is 3.94. The van der Waals surface area contributed by atoms with Gasteiger partial charge in [0.25, 0.3) is 0 Å². The molecule has 0 aliphatic carbocycles. The van der Waals surface area contributed by atoms with Gasteiger partial charge in [0.05, 0.1) is 6.61 Å². The predicted octanol–water partition coefficient (Wildman–Crippen LogP) is 5.78. The van der Waals surface area contributed by atoms with Crippen LogP contribution < -0.4 is 9.47 Å². The van der Waals surface area contributed by atoms with E-state index >= 15 is 0 Å². The lowest BCUT2D eigenvalue weighted by molar-refractivity contribution is 0.0598. The van der Waals surface area contributed by atoms with Crippen LogP contribution in [0.4, 0.5) is 0 Å². The molecule has 0 aromatic heterocycles. The van der Waals surface area contributed by atoms with Crippen molar-refractivity contribution in [1.82, 2.24) is 0 Å². The largest absolute Gasteiger partial charge is 0.500 e. The molecule has 168 valence electrons. The van der Waals surface area contributed by atoms with Gasteiger partial charge in [-0.3, -0.25) is 0 Å². The van der Waals surface area contributed by atoms with Gasteiger partial charge in [0.15, 0.2) is 0 Å². The lowest BCUT2D eigenvalue weighted by Gasteiger charge is -2.37. The molecule has 0 spiro atoms.